The van der Waals surface area contributed by atoms with E-state index < -0.39 is 0 Å². The number of anilines is 1. The third kappa shape index (κ3) is 3.87. The summed E-state index contributed by atoms with van der Waals surface area (Å²) in [5.41, 5.74) is 2.76. The second-order valence-corrected chi connectivity index (χ2v) is 7.47. The number of nitrogens with zero attached hydrogens (tertiary/aromatic N) is 5. The van der Waals surface area contributed by atoms with Crippen LogP contribution in [0, 0.1) is 6.92 Å². The summed E-state index contributed by atoms with van der Waals surface area (Å²) in [5, 5.41) is 6.38. The molecule has 0 aliphatic carbocycles. The number of hydrogen-bond acceptors (Lipinski definition) is 4. The van der Waals surface area contributed by atoms with Crippen LogP contribution in [0.4, 0.5) is 5.69 Å². The lowest BCUT2D eigenvalue weighted by molar-refractivity contribution is -0.132. The molecule has 0 unspecified atom stereocenters. The Bertz CT molecular complexity index is 995. The highest BCUT2D eigenvalue weighted by atomic mass is 35.5. The molecule has 8 heteroatoms. The van der Waals surface area contributed by atoms with Crippen LogP contribution in [0.2, 0.25) is 10.2 Å². The number of hydrogen-bond donors (Lipinski definition) is 0. The predicted molar refractivity (Wildman–Crippen MR) is 108 cm³/mol. The molecule has 1 fully saturated rings. The molecule has 0 bridgehead atoms. The molecule has 1 saturated heterocycles. The van der Waals surface area contributed by atoms with Gasteiger partial charge in [-0.2, -0.15) is 5.10 Å². The average Bonchev–Trinajstić information content (AvgIpc) is 3.05. The first-order valence-electron chi connectivity index (χ1n) is 8.78. The standard InChI is InChI=1S/C19H19Cl2N5O/c1-13-10-15(3-4-16(13)20)24-6-8-25(9-7-24)18(27)12-26-11-14-2-5-17(21)22-19(14)23-26/h2-5,10-11H,6-9,12H2,1H3. The highest BCUT2D eigenvalue weighted by Crippen LogP contribution is 2.23. The number of carbonyl (C=O) groups excluding carboxylic acids is 1. The van der Waals surface area contributed by atoms with Crippen LogP contribution >= 0.6 is 23.2 Å². The maximum Gasteiger partial charge on any atom is 0.244 e. The Hall–Kier alpha value is -2.31. The lowest BCUT2D eigenvalue weighted by Gasteiger charge is -2.36. The van der Waals surface area contributed by atoms with E-state index in [-0.39, 0.29) is 12.5 Å². The Morgan fingerprint density at radius 1 is 1.11 bits per heavy atom. The maximum atomic E-state index is 12.6. The minimum Gasteiger partial charge on any atom is -0.368 e. The minimum absolute atomic E-state index is 0.0563. The topological polar surface area (TPSA) is 54.3 Å². The first-order chi connectivity index (χ1) is 13.0. The van der Waals surface area contributed by atoms with Crippen molar-refractivity contribution in [2.75, 3.05) is 31.1 Å². The first kappa shape index (κ1) is 18.1. The Kier molecular flexibility index (Phi) is 4.93. The molecule has 2 aromatic heterocycles. The molecule has 1 aromatic carbocycles. The van der Waals surface area contributed by atoms with Gasteiger partial charge in [-0.25, -0.2) is 4.98 Å². The summed E-state index contributed by atoms with van der Waals surface area (Å²) in [6, 6.07) is 9.61. The summed E-state index contributed by atoms with van der Waals surface area (Å²) >= 11 is 12.0. The van der Waals surface area contributed by atoms with Gasteiger partial charge in [0, 0.05) is 48.5 Å². The summed E-state index contributed by atoms with van der Waals surface area (Å²) < 4.78 is 1.63. The lowest BCUT2D eigenvalue weighted by atomic mass is 10.2. The summed E-state index contributed by atoms with van der Waals surface area (Å²) in [7, 11) is 0. The molecule has 6 nitrogen and oxygen atoms in total. The fourth-order valence-electron chi connectivity index (χ4n) is 3.29. The van der Waals surface area contributed by atoms with Gasteiger partial charge >= 0.3 is 0 Å². The van der Waals surface area contributed by atoms with Crippen molar-refractivity contribution in [3.05, 3.63) is 52.3 Å². The zero-order valence-electron chi connectivity index (χ0n) is 14.9. The van der Waals surface area contributed by atoms with Crippen LogP contribution in [0.5, 0.6) is 0 Å². The molecule has 27 heavy (non-hydrogen) atoms. The van der Waals surface area contributed by atoms with E-state index in [4.69, 9.17) is 23.2 Å². The number of aryl methyl sites for hydroxylation is 1. The van der Waals surface area contributed by atoms with Crippen LogP contribution in [-0.4, -0.2) is 51.8 Å². The smallest absolute Gasteiger partial charge is 0.244 e. The fraction of sp³-hybridized carbons (Fsp3) is 0.316. The van der Waals surface area contributed by atoms with E-state index in [1.807, 2.05) is 36.2 Å². The molecule has 0 spiro atoms. The van der Waals surface area contributed by atoms with E-state index in [2.05, 4.69) is 21.0 Å². The molecule has 140 valence electrons. The number of fused-ring (bicyclic) bond motifs is 1. The third-order valence-electron chi connectivity index (χ3n) is 4.82. The van der Waals surface area contributed by atoms with Crippen molar-refractivity contribution < 1.29 is 4.79 Å². The fourth-order valence-corrected chi connectivity index (χ4v) is 3.55. The second kappa shape index (κ2) is 7.37. The van der Waals surface area contributed by atoms with Gasteiger partial charge < -0.3 is 9.80 Å². The SMILES string of the molecule is Cc1cc(N2CCN(C(=O)Cn3cc4ccc(Cl)nc4n3)CC2)ccc1Cl. The summed E-state index contributed by atoms with van der Waals surface area (Å²) in [5.74, 6) is 0.0563. The molecule has 3 aromatic rings. The van der Waals surface area contributed by atoms with E-state index in [1.54, 1.807) is 10.7 Å². The van der Waals surface area contributed by atoms with Crippen molar-refractivity contribution in [2.45, 2.75) is 13.5 Å². The van der Waals surface area contributed by atoms with E-state index in [0.717, 1.165) is 34.7 Å². The van der Waals surface area contributed by atoms with Crippen molar-refractivity contribution in [1.29, 1.82) is 0 Å². The molecule has 4 rings (SSSR count). The zero-order chi connectivity index (χ0) is 19.0. The normalized spacial score (nSPS) is 14.8. The van der Waals surface area contributed by atoms with E-state index in [0.29, 0.717) is 23.9 Å². The van der Waals surface area contributed by atoms with Gasteiger partial charge in [-0.05, 0) is 42.8 Å². The number of piperazine rings is 1. The van der Waals surface area contributed by atoms with Crippen molar-refractivity contribution in [1.82, 2.24) is 19.7 Å². The first-order valence-corrected chi connectivity index (χ1v) is 9.54. The van der Waals surface area contributed by atoms with E-state index in [1.165, 1.54) is 0 Å². The van der Waals surface area contributed by atoms with Gasteiger partial charge in [0.05, 0.1) is 0 Å². The molecule has 1 aliphatic heterocycles. The number of halogens is 2. The average molecular weight is 404 g/mol. The van der Waals surface area contributed by atoms with Crippen LogP contribution in [0.15, 0.2) is 36.5 Å². The Morgan fingerprint density at radius 3 is 2.63 bits per heavy atom. The van der Waals surface area contributed by atoms with Crippen LogP contribution in [-0.2, 0) is 11.3 Å². The van der Waals surface area contributed by atoms with Crippen LogP contribution in [0.25, 0.3) is 11.0 Å². The highest BCUT2D eigenvalue weighted by molar-refractivity contribution is 6.31. The zero-order valence-corrected chi connectivity index (χ0v) is 16.4. The van der Waals surface area contributed by atoms with Gasteiger partial charge in [-0.1, -0.05) is 23.2 Å². The van der Waals surface area contributed by atoms with Crippen LogP contribution in [0.3, 0.4) is 0 Å². The van der Waals surface area contributed by atoms with Gasteiger partial charge in [0.1, 0.15) is 11.7 Å². The number of rotatable bonds is 3. The predicted octanol–water partition coefficient (Wildman–Crippen LogP) is 3.40. The molecule has 1 amide bonds. The van der Waals surface area contributed by atoms with Crippen molar-refractivity contribution in [3.63, 3.8) is 0 Å². The maximum absolute atomic E-state index is 12.6. The number of benzene rings is 1. The molecule has 3 heterocycles. The summed E-state index contributed by atoms with van der Waals surface area (Å²) in [4.78, 5) is 21.0. The summed E-state index contributed by atoms with van der Waals surface area (Å²) in [6.07, 6.45) is 1.82. The number of pyridine rings is 1. The highest BCUT2D eigenvalue weighted by Gasteiger charge is 2.22. The largest absolute Gasteiger partial charge is 0.368 e. The van der Waals surface area contributed by atoms with Crippen LogP contribution in [0.1, 0.15) is 5.56 Å². The molecular formula is C19H19Cl2N5O. The monoisotopic (exact) mass is 403 g/mol. The molecule has 0 radical (unpaired) electrons. The minimum atomic E-state index is 0.0563. The molecule has 0 atom stereocenters. The number of amides is 1. The summed E-state index contributed by atoms with van der Waals surface area (Å²) in [6.45, 7) is 5.17. The molecule has 0 N–H and O–H groups in total. The Balaban J connectivity index is 1.38. The Labute approximate surface area is 167 Å². The van der Waals surface area contributed by atoms with Crippen molar-refractivity contribution >= 4 is 45.8 Å². The lowest BCUT2D eigenvalue weighted by Crippen LogP contribution is -2.49. The number of carbonyl (C=O) groups is 1. The second-order valence-electron chi connectivity index (χ2n) is 6.67. The third-order valence-corrected chi connectivity index (χ3v) is 5.45. The molecule has 1 aliphatic rings. The van der Waals surface area contributed by atoms with Gasteiger partial charge in [-0.3, -0.25) is 9.48 Å². The van der Waals surface area contributed by atoms with Crippen molar-refractivity contribution in [2.24, 2.45) is 0 Å². The van der Waals surface area contributed by atoms with Crippen LogP contribution < -0.4 is 4.90 Å². The van der Waals surface area contributed by atoms with Crippen molar-refractivity contribution in [3.8, 4) is 0 Å². The van der Waals surface area contributed by atoms with Gasteiger partial charge in [0.25, 0.3) is 0 Å². The Morgan fingerprint density at radius 2 is 1.89 bits per heavy atom. The molecular weight excluding hydrogens is 385 g/mol. The van der Waals surface area contributed by atoms with Gasteiger partial charge in [0.15, 0.2) is 5.65 Å². The van der Waals surface area contributed by atoms with E-state index >= 15 is 0 Å². The van der Waals surface area contributed by atoms with E-state index in [9.17, 15) is 4.79 Å². The quantitative estimate of drug-likeness (QED) is 0.628. The van der Waals surface area contributed by atoms with Gasteiger partial charge in [0.2, 0.25) is 5.91 Å². The van der Waals surface area contributed by atoms with Gasteiger partial charge in [-0.15, -0.1) is 0 Å². The number of aromatic nitrogens is 3. The molecule has 0 saturated carbocycles.